The van der Waals surface area contributed by atoms with E-state index in [9.17, 15) is 14.7 Å². The number of thiazole rings is 1. The number of amides is 1. The highest BCUT2D eigenvalue weighted by atomic mass is 32.1. The van der Waals surface area contributed by atoms with Crippen LogP contribution in [0.1, 0.15) is 112 Å². The van der Waals surface area contributed by atoms with E-state index >= 15 is 0 Å². The van der Waals surface area contributed by atoms with Gasteiger partial charge in [-0.15, -0.1) is 11.3 Å². The Balaban J connectivity index is 1.32. The SMILES string of the molecule is CC(C)(C)C#Cc1cc(N(C(=O)[C@H]2CC[C@H](C)CC2)[C@H]2CC[C@H](Oc3nc(CN4CCCC4)cs3)CC2)c(C(=O)O)s1. The van der Waals surface area contributed by atoms with E-state index in [1.54, 1.807) is 11.3 Å². The number of aromatic carboxylic acids is 1. The first-order valence-electron chi connectivity index (χ1n) is 15.6. The number of carboxylic acid groups (broad SMARTS) is 1. The number of carbonyl (C=O) groups is 2. The number of thiophene rings is 1. The molecule has 2 saturated carbocycles. The Morgan fingerprint density at radius 3 is 2.43 bits per heavy atom. The van der Waals surface area contributed by atoms with Crippen molar-refractivity contribution in [3.63, 3.8) is 0 Å². The molecule has 0 radical (unpaired) electrons. The van der Waals surface area contributed by atoms with Crippen LogP contribution >= 0.6 is 22.7 Å². The Morgan fingerprint density at radius 2 is 1.79 bits per heavy atom. The van der Waals surface area contributed by atoms with Crippen LogP contribution in [0.3, 0.4) is 0 Å². The molecule has 0 spiro atoms. The van der Waals surface area contributed by atoms with E-state index in [4.69, 9.17) is 9.72 Å². The van der Waals surface area contributed by atoms with E-state index < -0.39 is 5.97 Å². The van der Waals surface area contributed by atoms with Crippen molar-refractivity contribution < 1.29 is 19.4 Å². The van der Waals surface area contributed by atoms with Gasteiger partial charge in [0.25, 0.3) is 5.19 Å². The number of rotatable bonds is 8. The van der Waals surface area contributed by atoms with Crippen LogP contribution in [0, 0.1) is 29.1 Å². The zero-order valence-corrected chi connectivity index (χ0v) is 27.1. The number of likely N-dealkylation sites (tertiary alicyclic amines) is 1. The van der Waals surface area contributed by atoms with Crippen molar-refractivity contribution >= 4 is 40.2 Å². The van der Waals surface area contributed by atoms with Gasteiger partial charge in [0.2, 0.25) is 5.91 Å². The highest BCUT2D eigenvalue weighted by Crippen LogP contribution is 2.39. The Hall–Kier alpha value is -2.41. The summed E-state index contributed by atoms with van der Waals surface area (Å²) in [6.07, 6.45) is 9.53. The molecule has 5 rings (SSSR count). The molecule has 1 N–H and O–H groups in total. The van der Waals surface area contributed by atoms with Crippen LogP contribution in [0.4, 0.5) is 5.69 Å². The first kappa shape index (κ1) is 31.0. The largest absolute Gasteiger partial charge is 0.477 e. The second kappa shape index (κ2) is 13.5. The number of hydrogen-bond donors (Lipinski definition) is 1. The van der Waals surface area contributed by atoms with Gasteiger partial charge in [-0.1, -0.05) is 30.1 Å². The second-order valence-corrected chi connectivity index (χ2v) is 15.3. The first-order chi connectivity index (χ1) is 20.1. The van der Waals surface area contributed by atoms with Crippen molar-refractivity contribution in [2.24, 2.45) is 17.3 Å². The topological polar surface area (TPSA) is 83.0 Å². The fourth-order valence-corrected chi connectivity index (χ4v) is 7.94. The molecule has 9 heteroatoms. The number of ether oxygens (including phenoxy) is 1. The maximum atomic E-state index is 14.2. The van der Waals surface area contributed by atoms with Crippen molar-refractivity contribution in [1.29, 1.82) is 0 Å². The first-order valence-corrected chi connectivity index (χ1v) is 17.3. The average Bonchev–Trinajstić information content (AvgIpc) is 3.71. The van der Waals surface area contributed by atoms with Gasteiger partial charge in [0.1, 0.15) is 11.0 Å². The zero-order chi connectivity index (χ0) is 29.9. The molecular formula is C33H45N3O4S2. The average molecular weight is 612 g/mol. The predicted molar refractivity (Wildman–Crippen MR) is 170 cm³/mol. The van der Waals surface area contributed by atoms with Gasteiger partial charge in [0.05, 0.1) is 16.3 Å². The number of anilines is 1. The summed E-state index contributed by atoms with van der Waals surface area (Å²) < 4.78 is 6.33. The fraction of sp³-hybridized carbons (Fsp3) is 0.667. The van der Waals surface area contributed by atoms with Gasteiger partial charge in [0, 0.05) is 29.3 Å². The van der Waals surface area contributed by atoms with Gasteiger partial charge in [-0.05, 0) is 110 Å². The lowest BCUT2D eigenvalue weighted by Gasteiger charge is -2.39. The highest BCUT2D eigenvalue weighted by molar-refractivity contribution is 7.15. The molecule has 2 aromatic heterocycles. The van der Waals surface area contributed by atoms with Crippen molar-refractivity contribution in [3.05, 3.63) is 26.9 Å². The summed E-state index contributed by atoms with van der Waals surface area (Å²) in [4.78, 5) is 36.6. The fourth-order valence-electron chi connectivity index (χ4n) is 6.37. The maximum absolute atomic E-state index is 14.2. The summed E-state index contributed by atoms with van der Waals surface area (Å²) in [6.45, 7) is 11.5. The van der Waals surface area contributed by atoms with Crippen molar-refractivity contribution in [2.45, 2.75) is 111 Å². The minimum absolute atomic E-state index is 0.0501. The lowest BCUT2D eigenvalue weighted by molar-refractivity contribution is -0.124. The molecule has 3 heterocycles. The smallest absolute Gasteiger partial charge is 0.348 e. The minimum Gasteiger partial charge on any atom is -0.477 e. The van der Waals surface area contributed by atoms with Crippen LogP contribution in [0.2, 0.25) is 0 Å². The number of aromatic nitrogens is 1. The van der Waals surface area contributed by atoms with Gasteiger partial charge in [0.15, 0.2) is 0 Å². The third kappa shape index (κ3) is 7.94. The molecule has 0 atom stereocenters. The Labute approximate surface area is 258 Å². The van der Waals surface area contributed by atoms with Crippen LogP contribution in [0.5, 0.6) is 5.19 Å². The third-order valence-corrected chi connectivity index (χ3v) is 10.5. The number of carbonyl (C=O) groups excluding carboxylic acids is 1. The molecule has 7 nitrogen and oxygen atoms in total. The molecule has 42 heavy (non-hydrogen) atoms. The summed E-state index contributed by atoms with van der Waals surface area (Å²) in [7, 11) is 0. The van der Waals surface area contributed by atoms with Crippen LogP contribution in [0.25, 0.3) is 0 Å². The summed E-state index contributed by atoms with van der Waals surface area (Å²) in [5.74, 6) is 6.05. The van der Waals surface area contributed by atoms with Gasteiger partial charge in [-0.2, -0.15) is 0 Å². The van der Waals surface area contributed by atoms with E-state index in [-0.39, 0.29) is 34.3 Å². The molecule has 0 unspecified atom stereocenters. The van der Waals surface area contributed by atoms with Crippen LogP contribution in [-0.2, 0) is 11.3 Å². The molecule has 0 bridgehead atoms. The predicted octanol–water partition coefficient (Wildman–Crippen LogP) is 7.45. The number of carboxylic acids is 1. The van der Waals surface area contributed by atoms with E-state index in [2.05, 4.69) is 29.0 Å². The summed E-state index contributed by atoms with van der Waals surface area (Å²) >= 11 is 2.75. The van der Waals surface area contributed by atoms with Crippen LogP contribution in [0.15, 0.2) is 11.4 Å². The summed E-state index contributed by atoms with van der Waals surface area (Å²) in [6, 6.07) is 1.78. The standard InChI is InChI=1S/C33H45N3O4S2/c1-22-7-9-23(10-8-22)30(37)36(28-19-27(15-16-33(2,3)4)42-29(28)31(38)39)25-11-13-26(14-12-25)40-32-34-24(21-41-32)20-35-17-5-6-18-35/h19,21-23,25-26H,5-14,17-18,20H2,1-4H3,(H,38,39)/t22-,23-,25-,26-. The van der Waals surface area contributed by atoms with E-state index in [0.717, 1.165) is 81.9 Å². The van der Waals surface area contributed by atoms with Gasteiger partial charge < -0.3 is 14.7 Å². The summed E-state index contributed by atoms with van der Waals surface area (Å²) in [5, 5.41) is 13.0. The Morgan fingerprint density at radius 1 is 1.10 bits per heavy atom. The molecule has 1 saturated heterocycles. The molecule has 0 aromatic carbocycles. The van der Waals surface area contributed by atoms with E-state index in [1.165, 1.54) is 24.2 Å². The van der Waals surface area contributed by atoms with Crippen molar-refractivity contribution in [3.8, 4) is 17.0 Å². The zero-order valence-electron chi connectivity index (χ0n) is 25.5. The van der Waals surface area contributed by atoms with Crippen LogP contribution < -0.4 is 9.64 Å². The van der Waals surface area contributed by atoms with Crippen LogP contribution in [-0.4, -0.2) is 52.1 Å². The molecule has 3 fully saturated rings. The van der Waals surface area contributed by atoms with Gasteiger partial charge in [-0.25, -0.2) is 9.78 Å². The number of nitrogens with zero attached hydrogens (tertiary/aromatic N) is 3. The van der Waals surface area contributed by atoms with Crippen molar-refractivity contribution in [2.75, 3.05) is 18.0 Å². The molecule has 3 aliphatic rings. The Kier molecular flexibility index (Phi) is 9.96. The van der Waals surface area contributed by atoms with E-state index in [0.29, 0.717) is 16.5 Å². The number of hydrogen-bond acceptors (Lipinski definition) is 7. The quantitative estimate of drug-likeness (QED) is 0.312. The normalized spacial score (nSPS) is 25.0. The minimum atomic E-state index is -1.00. The second-order valence-electron chi connectivity index (χ2n) is 13.4. The van der Waals surface area contributed by atoms with Crippen molar-refractivity contribution in [1.82, 2.24) is 9.88 Å². The molecule has 228 valence electrons. The highest BCUT2D eigenvalue weighted by Gasteiger charge is 2.38. The lowest BCUT2D eigenvalue weighted by atomic mass is 9.81. The Bertz CT molecular complexity index is 1290. The molecular weight excluding hydrogens is 567 g/mol. The monoisotopic (exact) mass is 611 g/mol. The molecule has 2 aliphatic carbocycles. The maximum Gasteiger partial charge on any atom is 0.348 e. The molecule has 1 amide bonds. The van der Waals surface area contributed by atoms with Gasteiger partial charge >= 0.3 is 5.97 Å². The van der Waals surface area contributed by atoms with E-state index in [1.807, 2.05) is 31.7 Å². The van der Waals surface area contributed by atoms with Gasteiger partial charge in [-0.3, -0.25) is 9.69 Å². The molecule has 2 aromatic rings. The molecule has 1 aliphatic heterocycles. The lowest BCUT2D eigenvalue weighted by Crippen LogP contribution is -2.47. The third-order valence-electron chi connectivity index (χ3n) is 8.72. The summed E-state index contributed by atoms with van der Waals surface area (Å²) in [5.41, 5.74) is 1.39.